The quantitative estimate of drug-likeness (QED) is 0.613. The summed E-state index contributed by atoms with van der Waals surface area (Å²) in [7, 11) is 0.865. The third-order valence-corrected chi connectivity index (χ3v) is 2.77. The number of methoxy groups -OCH3 is 1. The fraction of sp³-hybridized carbons (Fsp3) is 0.333. The van der Waals surface area contributed by atoms with Crippen molar-refractivity contribution in [2.75, 3.05) is 7.11 Å². The van der Waals surface area contributed by atoms with Gasteiger partial charge < -0.3 is 4.74 Å². The molecule has 0 aliphatic rings. The second-order valence-electron chi connectivity index (χ2n) is 3.04. The third kappa shape index (κ3) is 2.77. The molecular weight excluding hydrogens is 329 g/mol. The molecule has 0 spiro atoms. The summed E-state index contributed by atoms with van der Waals surface area (Å²) in [4.78, 5) is 14.2. The van der Waals surface area contributed by atoms with Gasteiger partial charge in [0, 0.05) is 10.7 Å². The normalized spacial score (nSPS) is 11.8. The molecule has 0 radical (unpaired) electrons. The Bertz CT molecular complexity index is 475. The number of halogens is 6. The molecule has 100 valence electrons. The van der Waals surface area contributed by atoms with Crippen molar-refractivity contribution in [3.63, 3.8) is 0 Å². The smallest absolute Gasteiger partial charge is 0.419 e. The van der Waals surface area contributed by atoms with Crippen molar-refractivity contribution < 1.29 is 31.5 Å². The second-order valence-corrected chi connectivity index (χ2v) is 3.83. The molecule has 0 N–H and O–H groups in total. The number of rotatable bonds is 2. The molecule has 0 fully saturated rings. The van der Waals surface area contributed by atoms with Crippen molar-refractivity contribution in [1.82, 2.24) is 4.98 Å². The fourth-order valence-corrected chi connectivity index (χ4v) is 1.85. The lowest BCUT2D eigenvalue weighted by Gasteiger charge is -2.14. The van der Waals surface area contributed by atoms with Crippen LogP contribution in [0.2, 0.25) is 0 Å². The number of pyridine rings is 1. The molecule has 0 saturated carbocycles. The van der Waals surface area contributed by atoms with Crippen LogP contribution < -0.4 is 0 Å². The average Bonchev–Trinajstić information content (AvgIpc) is 2.25. The summed E-state index contributed by atoms with van der Waals surface area (Å²) in [6.45, 7) is 0. The van der Waals surface area contributed by atoms with Gasteiger partial charge in [0.2, 0.25) is 0 Å². The van der Waals surface area contributed by atoms with Gasteiger partial charge in [-0.05, 0) is 15.9 Å². The minimum absolute atomic E-state index is 0.234. The maximum atomic E-state index is 12.6. The Morgan fingerprint density at radius 2 is 2.00 bits per heavy atom. The zero-order valence-corrected chi connectivity index (χ0v) is 10.3. The summed E-state index contributed by atoms with van der Waals surface area (Å²) in [5, 5.41) is 0. The van der Waals surface area contributed by atoms with Crippen molar-refractivity contribution in [3.05, 3.63) is 27.5 Å². The number of carbonyl (C=O) groups is 1. The van der Waals surface area contributed by atoms with Crippen molar-refractivity contribution in [3.8, 4) is 0 Å². The predicted octanol–water partition coefficient (Wildman–Crippen LogP) is 3.59. The first-order chi connectivity index (χ1) is 8.20. The van der Waals surface area contributed by atoms with Gasteiger partial charge in [-0.3, -0.25) is 4.98 Å². The second kappa shape index (κ2) is 5.17. The number of alkyl halides is 5. The molecule has 1 rings (SSSR count). The van der Waals surface area contributed by atoms with Crippen LogP contribution in [-0.2, 0) is 10.9 Å². The number of esters is 1. The standard InChI is InChI=1S/C9H5BrF5NO2/c1-18-8(17)4-5(10)3(9(13,14)15)2-16-6(4)7(11)12/h2,7H,1H3. The summed E-state index contributed by atoms with van der Waals surface area (Å²) in [6.07, 6.45) is -7.79. The highest BCUT2D eigenvalue weighted by Crippen LogP contribution is 2.38. The SMILES string of the molecule is COC(=O)c1c(C(F)F)ncc(C(F)(F)F)c1Br. The van der Waals surface area contributed by atoms with Crippen LogP contribution in [0.4, 0.5) is 22.0 Å². The largest absolute Gasteiger partial charge is 0.465 e. The Morgan fingerprint density at radius 1 is 1.44 bits per heavy atom. The molecular formula is C9H5BrF5NO2. The fourth-order valence-electron chi connectivity index (χ4n) is 1.16. The number of hydrogen-bond donors (Lipinski definition) is 0. The maximum absolute atomic E-state index is 12.6. The van der Waals surface area contributed by atoms with Gasteiger partial charge in [-0.15, -0.1) is 0 Å². The lowest BCUT2D eigenvalue weighted by atomic mass is 10.1. The van der Waals surface area contributed by atoms with Gasteiger partial charge in [-0.2, -0.15) is 13.2 Å². The molecule has 0 atom stereocenters. The Balaban J connectivity index is 3.55. The monoisotopic (exact) mass is 333 g/mol. The van der Waals surface area contributed by atoms with Crippen molar-refractivity contribution in [1.29, 1.82) is 0 Å². The number of hydrogen-bond acceptors (Lipinski definition) is 3. The topological polar surface area (TPSA) is 39.2 Å². The van der Waals surface area contributed by atoms with Gasteiger partial charge >= 0.3 is 12.1 Å². The van der Waals surface area contributed by atoms with Gasteiger partial charge in [0.25, 0.3) is 6.43 Å². The van der Waals surface area contributed by atoms with Crippen LogP contribution >= 0.6 is 15.9 Å². The highest BCUT2D eigenvalue weighted by molar-refractivity contribution is 9.10. The van der Waals surface area contributed by atoms with Crippen LogP contribution in [-0.4, -0.2) is 18.1 Å². The van der Waals surface area contributed by atoms with Gasteiger partial charge in [-0.25, -0.2) is 13.6 Å². The van der Waals surface area contributed by atoms with Gasteiger partial charge in [-0.1, -0.05) is 0 Å². The lowest BCUT2D eigenvalue weighted by molar-refractivity contribution is -0.138. The summed E-state index contributed by atoms with van der Waals surface area (Å²) in [5.74, 6) is -1.32. The Labute approximate surface area is 106 Å². The van der Waals surface area contributed by atoms with Gasteiger partial charge in [0.15, 0.2) is 0 Å². The van der Waals surface area contributed by atoms with Crippen LogP contribution in [0, 0.1) is 0 Å². The van der Waals surface area contributed by atoms with E-state index in [4.69, 9.17) is 0 Å². The van der Waals surface area contributed by atoms with Crippen LogP contribution in [0.25, 0.3) is 0 Å². The van der Waals surface area contributed by atoms with Crippen molar-refractivity contribution in [2.24, 2.45) is 0 Å². The highest BCUT2D eigenvalue weighted by Gasteiger charge is 2.37. The summed E-state index contributed by atoms with van der Waals surface area (Å²) >= 11 is 2.48. The van der Waals surface area contributed by atoms with E-state index in [0.717, 1.165) is 7.11 Å². The molecule has 0 aliphatic carbocycles. The summed E-state index contributed by atoms with van der Waals surface area (Å²) in [5.41, 5.74) is -3.32. The van der Waals surface area contributed by atoms with Gasteiger partial charge in [0.1, 0.15) is 11.3 Å². The van der Waals surface area contributed by atoms with E-state index >= 15 is 0 Å². The third-order valence-electron chi connectivity index (χ3n) is 1.95. The molecule has 0 aromatic carbocycles. The molecule has 0 bridgehead atoms. The van der Waals surface area contributed by atoms with Crippen molar-refractivity contribution >= 4 is 21.9 Å². The predicted molar refractivity (Wildman–Crippen MR) is 53.2 cm³/mol. The van der Waals surface area contributed by atoms with Gasteiger partial charge in [0.05, 0.1) is 12.7 Å². The summed E-state index contributed by atoms with van der Waals surface area (Å²) in [6, 6.07) is 0. The van der Waals surface area contributed by atoms with E-state index in [0.29, 0.717) is 0 Å². The molecule has 18 heavy (non-hydrogen) atoms. The average molecular weight is 334 g/mol. The molecule has 3 nitrogen and oxygen atoms in total. The zero-order chi connectivity index (χ0) is 14.1. The van der Waals surface area contributed by atoms with Crippen LogP contribution in [0.1, 0.15) is 28.0 Å². The minimum Gasteiger partial charge on any atom is -0.465 e. The molecule has 0 amide bonds. The first-order valence-electron chi connectivity index (χ1n) is 4.32. The minimum atomic E-state index is -4.82. The lowest BCUT2D eigenvalue weighted by Crippen LogP contribution is -2.15. The maximum Gasteiger partial charge on any atom is 0.419 e. The van der Waals surface area contributed by atoms with Crippen LogP contribution in [0.3, 0.4) is 0 Å². The Morgan fingerprint density at radius 3 is 2.39 bits per heavy atom. The van der Waals surface area contributed by atoms with E-state index in [-0.39, 0.29) is 6.20 Å². The van der Waals surface area contributed by atoms with E-state index in [1.807, 2.05) is 0 Å². The Kier molecular flexibility index (Phi) is 4.25. The first kappa shape index (κ1) is 14.8. The molecule has 9 heteroatoms. The molecule has 0 aliphatic heterocycles. The number of aromatic nitrogens is 1. The summed E-state index contributed by atoms with van der Waals surface area (Å²) < 4.78 is 66.0. The number of carbonyl (C=O) groups excluding carboxylic acids is 1. The van der Waals surface area contributed by atoms with E-state index in [1.54, 1.807) is 0 Å². The van der Waals surface area contributed by atoms with Crippen molar-refractivity contribution in [2.45, 2.75) is 12.6 Å². The van der Waals surface area contributed by atoms with Crippen LogP contribution in [0.5, 0.6) is 0 Å². The number of nitrogens with zero attached hydrogens (tertiary/aromatic N) is 1. The first-order valence-corrected chi connectivity index (χ1v) is 5.11. The van der Waals surface area contributed by atoms with Crippen LogP contribution in [0.15, 0.2) is 10.7 Å². The molecule has 1 aromatic heterocycles. The zero-order valence-electron chi connectivity index (χ0n) is 8.69. The molecule has 1 heterocycles. The Hall–Kier alpha value is -1.25. The molecule has 1 aromatic rings. The van der Waals surface area contributed by atoms with E-state index in [1.165, 1.54) is 0 Å². The number of ether oxygens (including phenoxy) is 1. The van der Waals surface area contributed by atoms with E-state index in [9.17, 15) is 26.7 Å². The molecule has 0 saturated heterocycles. The van der Waals surface area contributed by atoms with E-state index < -0.39 is 39.9 Å². The highest BCUT2D eigenvalue weighted by atomic mass is 79.9. The van der Waals surface area contributed by atoms with E-state index in [2.05, 4.69) is 25.7 Å². The molecule has 0 unspecified atom stereocenters.